The molecule has 104 valence electrons. The summed E-state index contributed by atoms with van der Waals surface area (Å²) in [6.45, 7) is 0.724. The lowest BCUT2D eigenvalue weighted by molar-refractivity contribution is -0.138. The number of likely N-dealkylation sites (N-methyl/N-ethyl adjacent to an activating group) is 1. The third kappa shape index (κ3) is 4.63. The molecular formula is C15H22N2O2. The van der Waals surface area contributed by atoms with E-state index in [9.17, 15) is 4.79 Å². The molecule has 0 aromatic carbocycles. The summed E-state index contributed by atoms with van der Waals surface area (Å²) in [7, 11) is 1.79. The molecule has 1 aliphatic carbocycles. The summed E-state index contributed by atoms with van der Waals surface area (Å²) in [4.78, 5) is 17.9. The van der Waals surface area contributed by atoms with Crippen LogP contribution >= 0.6 is 0 Å². The number of rotatable bonds is 5. The van der Waals surface area contributed by atoms with E-state index in [-0.39, 0.29) is 18.6 Å². The Balaban J connectivity index is 1.73. The summed E-state index contributed by atoms with van der Waals surface area (Å²) in [6, 6.07) is 5.72. The maximum absolute atomic E-state index is 12.0. The van der Waals surface area contributed by atoms with Crippen molar-refractivity contribution in [3.63, 3.8) is 0 Å². The van der Waals surface area contributed by atoms with Gasteiger partial charge >= 0.3 is 0 Å². The van der Waals surface area contributed by atoms with Gasteiger partial charge in [-0.25, -0.2) is 0 Å². The number of hydrogen-bond acceptors (Lipinski definition) is 3. The van der Waals surface area contributed by atoms with Crippen LogP contribution in [0.2, 0.25) is 0 Å². The smallest absolute Gasteiger partial charge is 0.248 e. The summed E-state index contributed by atoms with van der Waals surface area (Å²) < 4.78 is 5.69. The average Bonchev–Trinajstić information content (AvgIpc) is 2.47. The van der Waals surface area contributed by atoms with Gasteiger partial charge in [-0.15, -0.1) is 0 Å². The van der Waals surface area contributed by atoms with Gasteiger partial charge in [0, 0.05) is 13.2 Å². The van der Waals surface area contributed by atoms with Gasteiger partial charge in [-0.2, -0.15) is 0 Å². The van der Waals surface area contributed by atoms with Crippen LogP contribution in [0.4, 0.5) is 0 Å². The molecule has 0 atom stereocenters. The minimum Gasteiger partial charge on any atom is -0.368 e. The van der Waals surface area contributed by atoms with Crippen LogP contribution in [-0.2, 0) is 16.1 Å². The first-order valence-corrected chi connectivity index (χ1v) is 7.01. The molecule has 19 heavy (non-hydrogen) atoms. The molecule has 1 fully saturated rings. The Morgan fingerprint density at radius 3 is 2.84 bits per heavy atom. The normalized spacial score (nSPS) is 16.3. The highest BCUT2D eigenvalue weighted by Gasteiger charge is 2.17. The van der Waals surface area contributed by atoms with Gasteiger partial charge in [-0.3, -0.25) is 9.78 Å². The third-order valence-corrected chi connectivity index (χ3v) is 3.55. The Morgan fingerprint density at radius 1 is 1.37 bits per heavy atom. The Hall–Kier alpha value is -1.42. The summed E-state index contributed by atoms with van der Waals surface area (Å²) >= 11 is 0. The van der Waals surface area contributed by atoms with E-state index in [2.05, 4.69) is 4.98 Å². The molecule has 0 unspecified atom stereocenters. The van der Waals surface area contributed by atoms with Gasteiger partial charge < -0.3 is 9.64 Å². The molecule has 0 bridgehead atoms. The lowest BCUT2D eigenvalue weighted by Crippen LogP contribution is -2.32. The number of pyridine rings is 1. The largest absolute Gasteiger partial charge is 0.368 e. The van der Waals surface area contributed by atoms with E-state index in [4.69, 9.17) is 4.74 Å². The molecule has 4 nitrogen and oxygen atoms in total. The summed E-state index contributed by atoms with van der Waals surface area (Å²) in [5.41, 5.74) is 0.899. The summed E-state index contributed by atoms with van der Waals surface area (Å²) in [5.74, 6) is 0.0243. The molecule has 0 N–H and O–H groups in total. The van der Waals surface area contributed by atoms with E-state index in [0.717, 1.165) is 18.5 Å². The molecule has 2 rings (SSSR count). The Labute approximate surface area is 114 Å². The fraction of sp³-hybridized carbons (Fsp3) is 0.600. The second-order valence-electron chi connectivity index (χ2n) is 5.14. The van der Waals surface area contributed by atoms with E-state index in [1.165, 1.54) is 19.3 Å². The molecule has 0 aliphatic heterocycles. The fourth-order valence-electron chi connectivity index (χ4n) is 2.35. The summed E-state index contributed by atoms with van der Waals surface area (Å²) in [6.07, 6.45) is 7.96. The molecule has 0 spiro atoms. The minimum atomic E-state index is 0.0243. The van der Waals surface area contributed by atoms with E-state index in [1.54, 1.807) is 18.1 Å². The van der Waals surface area contributed by atoms with Crippen LogP contribution in [0, 0.1) is 0 Å². The predicted molar refractivity (Wildman–Crippen MR) is 73.5 cm³/mol. The number of carbonyl (C=O) groups excluding carboxylic acids is 1. The van der Waals surface area contributed by atoms with Crippen LogP contribution in [-0.4, -0.2) is 35.5 Å². The molecule has 0 radical (unpaired) electrons. The first-order chi connectivity index (χ1) is 9.25. The number of aromatic nitrogens is 1. The molecule has 1 amide bonds. The molecular weight excluding hydrogens is 240 g/mol. The van der Waals surface area contributed by atoms with Gasteiger partial charge in [0.1, 0.15) is 6.61 Å². The van der Waals surface area contributed by atoms with E-state index in [1.807, 2.05) is 18.2 Å². The highest BCUT2D eigenvalue weighted by atomic mass is 16.5. The highest BCUT2D eigenvalue weighted by Crippen LogP contribution is 2.20. The lowest BCUT2D eigenvalue weighted by Gasteiger charge is -2.23. The van der Waals surface area contributed by atoms with Crippen molar-refractivity contribution in [1.29, 1.82) is 0 Å². The third-order valence-electron chi connectivity index (χ3n) is 3.55. The van der Waals surface area contributed by atoms with E-state index < -0.39 is 0 Å². The number of hydrogen-bond donors (Lipinski definition) is 0. The Morgan fingerprint density at radius 2 is 2.16 bits per heavy atom. The first-order valence-electron chi connectivity index (χ1n) is 7.01. The van der Waals surface area contributed by atoms with Crippen molar-refractivity contribution in [3.8, 4) is 0 Å². The monoisotopic (exact) mass is 262 g/mol. The molecule has 1 aromatic rings. The van der Waals surface area contributed by atoms with Gasteiger partial charge in [-0.05, 0) is 25.0 Å². The molecule has 1 saturated carbocycles. The van der Waals surface area contributed by atoms with Gasteiger partial charge in [0.25, 0.3) is 0 Å². The summed E-state index contributed by atoms with van der Waals surface area (Å²) in [5, 5.41) is 0. The van der Waals surface area contributed by atoms with Crippen molar-refractivity contribution in [3.05, 3.63) is 30.1 Å². The maximum atomic E-state index is 12.0. The van der Waals surface area contributed by atoms with Crippen LogP contribution in [0.15, 0.2) is 24.4 Å². The van der Waals surface area contributed by atoms with Crippen molar-refractivity contribution in [2.75, 3.05) is 13.7 Å². The second-order valence-corrected chi connectivity index (χ2v) is 5.14. The Kier molecular flexibility index (Phi) is 5.33. The molecule has 1 aliphatic rings. The first kappa shape index (κ1) is 14.0. The van der Waals surface area contributed by atoms with Crippen molar-refractivity contribution < 1.29 is 9.53 Å². The van der Waals surface area contributed by atoms with Crippen molar-refractivity contribution in [2.24, 2.45) is 0 Å². The predicted octanol–water partition coefficient (Wildman–Crippen LogP) is 2.39. The zero-order valence-electron chi connectivity index (χ0n) is 11.5. The van der Waals surface area contributed by atoms with Crippen molar-refractivity contribution >= 4 is 5.91 Å². The molecule has 4 heteroatoms. The zero-order valence-corrected chi connectivity index (χ0v) is 11.5. The number of amides is 1. The van der Waals surface area contributed by atoms with Crippen LogP contribution in [0.25, 0.3) is 0 Å². The van der Waals surface area contributed by atoms with Crippen LogP contribution in [0.5, 0.6) is 0 Å². The van der Waals surface area contributed by atoms with Crippen LogP contribution in [0.3, 0.4) is 0 Å². The fourth-order valence-corrected chi connectivity index (χ4v) is 2.35. The molecule has 1 heterocycles. The highest BCUT2D eigenvalue weighted by molar-refractivity contribution is 5.77. The van der Waals surface area contributed by atoms with Crippen molar-refractivity contribution in [1.82, 2.24) is 9.88 Å². The number of carbonyl (C=O) groups is 1. The van der Waals surface area contributed by atoms with Gasteiger partial charge in [0.2, 0.25) is 5.91 Å². The quantitative estimate of drug-likeness (QED) is 0.818. The van der Waals surface area contributed by atoms with E-state index >= 15 is 0 Å². The average molecular weight is 262 g/mol. The SMILES string of the molecule is CN(Cc1ccccn1)C(=O)COC1CCCCC1. The zero-order chi connectivity index (χ0) is 13.5. The minimum absolute atomic E-state index is 0.0243. The van der Waals surface area contributed by atoms with Gasteiger partial charge in [0.15, 0.2) is 0 Å². The van der Waals surface area contributed by atoms with Crippen LogP contribution < -0.4 is 0 Å². The van der Waals surface area contributed by atoms with E-state index in [0.29, 0.717) is 6.54 Å². The molecule has 1 aromatic heterocycles. The topological polar surface area (TPSA) is 42.4 Å². The second kappa shape index (κ2) is 7.24. The van der Waals surface area contributed by atoms with Gasteiger partial charge in [-0.1, -0.05) is 25.3 Å². The number of ether oxygens (including phenoxy) is 1. The van der Waals surface area contributed by atoms with Gasteiger partial charge in [0.05, 0.1) is 18.3 Å². The Bertz CT molecular complexity index is 388. The molecule has 0 saturated heterocycles. The van der Waals surface area contributed by atoms with Crippen molar-refractivity contribution in [2.45, 2.75) is 44.8 Å². The lowest BCUT2D eigenvalue weighted by atomic mass is 9.98. The van der Waals surface area contributed by atoms with Crippen LogP contribution in [0.1, 0.15) is 37.8 Å². The number of nitrogens with zero attached hydrogens (tertiary/aromatic N) is 2. The standard InChI is InChI=1S/C15H22N2O2/c1-17(11-13-7-5-6-10-16-13)15(18)12-19-14-8-3-2-4-9-14/h5-7,10,14H,2-4,8-9,11-12H2,1H3. The maximum Gasteiger partial charge on any atom is 0.248 e.